The molecular formula is C16H24N4O5S. The standard InChI is InChI=1S/C16H24N4O5S/c1-16(2,3)25-15(22)19-13-7-11(8-17-9-13)14(21)18-12-5-6-20(10-12)26(4,23)24/h7-9,12H,5-6,10H2,1-4H3,(H,18,21)(H,19,22). The van der Waals surface area contributed by atoms with E-state index in [0.717, 1.165) is 6.26 Å². The Bertz CT molecular complexity index is 788. The average Bonchev–Trinajstić information content (AvgIpc) is 2.94. The lowest BCUT2D eigenvalue weighted by Crippen LogP contribution is -2.38. The number of amides is 2. The van der Waals surface area contributed by atoms with Gasteiger partial charge in [0.15, 0.2) is 0 Å². The molecule has 1 fully saturated rings. The van der Waals surface area contributed by atoms with Crippen LogP contribution in [0.15, 0.2) is 18.5 Å². The van der Waals surface area contributed by atoms with Gasteiger partial charge in [-0.2, -0.15) is 0 Å². The molecule has 2 rings (SSSR count). The van der Waals surface area contributed by atoms with E-state index in [4.69, 9.17) is 4.74 Å². The number of sulfonamides is 1. The number of hydrogen-bond acceptors (Lipinski definition) is 6. The van der Waals surface area contributed by atoms with Crippen molar-refractivity contribution in [3.8, 4) is 0 Å². The summed E-state index contributed by atoms with van der Waals surface area (Å²) in [5, 5.41) is 5.31. The topological polar surface area (TPSA) is 118 Å². The maximum absolute atomic E-state index is 12.4. The van der Waals surface area contributed by atoms with Crippen molar-refractivity contribution in [2.24, 2.45) is 0 Å². The van der Waals surface area contributed by atoms with Crippen LogP contribution >= 0.6 is 0 Å². The van der Waals surface area contributed by atoms with Gasteiger partial charge in [0, 0.05) is 25.3 Å². The fourth-order valence-electron chi connectivity index (χ4n) is 2.47. The second-order valence-electron chi connectivity index (χ2n) is 7.17. The molecule has 1 aliphatic heterocycles. The van der Waals surface area contributed by atoms with Crippen molar-refractivity contribution in [2.75, 3.05) is 24.7 Å². The summed E-state index contributed by atoms with van der Waals surface area (Å²) >= 11 is 0. The third kappa shape index (κ3) is 5.95. The van der Waals surface area contributed by atoms with Gasteiger partial charge in [0.1, 0.15) is 5.60 Å². The molecule has 1 aromatic heterocycles. The van der Waals surface area contributed by atoms with Gasteiger partial charge in [0.25, 0.3) is 5.91 Å². The molecule has 0 aromatic carbocycles. The molecule has 1 atom stereocenters. The number of carbonyl (C=O) groups excluding carboxylic acids is 2. The number of ether oxygens (including phenoxy) is 1. The van der Waals surface area contributed by atoms with Crippen LogP contribution in [0.3, 0.4) is 0 Å². The molecule has 10 heteroatoms. The highest BCUT2D eigenvalue weighted by molar-refractivity contribution is 7.88. The van der Waals surface area contributed by atoms with Gasteiger partial charge in [0.05, 0.1) is 23.7 Å². The van der Waals surface area contributed by atoms with Crippen LogP contribution in [0, 0.1) is 0 Å². The Labute approximate surface area is 153 Å². The lowest BCUT2D eigenvalue weighted by molar-refractivity contribution is 0.0635. The molecule has 0 spiro atoms. The van der Waals surface area contributed by atoms with Gasteiger partial charge in [-0.15, -0.1) is 0 Å². The van der Waals surface area contributed by atoms with Crippen LogP contribution in [0.5, 0.6) is 0 Å². The summed E-state index contributed by atoms with van der Waals surface area (Å²) in [5.41, 5.74) is -0.0482. The minimum absolute atomic E-state index is 0.244. The number of pyridine rings is 1. The lowest BCUT2D eigenvalue weighted by Gasteiger charge is -2.19. The molecule has 0 radical (unpaired) electrons. The van der Waals surface area contributed by atoms with E-state index in [2.05, 4.69) is 15.6 Å². The van der Waals surface area contributed by atoms with E-state index in [1.54, 1.807) is 20.8 Å². The summed E-state index contributed by atoms with van der Waals surface area (Å²) in [6.45, 7) is 5.86. The van der Waals surface area contributed by atoms with Crippen molar-refractivity contribution < 1.29 is 22.7 Å². The Balaban J connectivity index is 1.97. The third-order valence-corrected chi connectivity index (χ3v) is 4.87. The largest absolute Gasteiger partial charge is 0.444 e. The first-order valence-electron chi connectivity index (χ1n) is 8.15. The van der Waals surface area contributed by atoms with E-state index in [0.29, 0.717) is 18.7 Å². The predicted octanol–water partition coefficient (Wildman–Crippen LogP) is 1.19. The van der Waals surface area contributed by atoms with Crippen molar-refractivity contribution in [3.63, 3.8) is 0 Å². The third-order valence-electron chi connectivity index (χ3n) is 3.60. The number of nitrogens with zero attached hydrogens (tertiary/aromatic N) is 2. The first-order valence-corrected chi connectivity index (χ1v) is 10.00. The Kier molecular flexibility index (Phi) is 5.87. The van der Waals surface area contributed by atoms with E-state index in [1.165, 1.54) is 22.8 Å². The minimum Gasteiger partial charge on any atom is -0.444 e. The second-order valence-corrected chi connectivity index (χ2v) is 9.15. The second kappa shape index (κ2) is 7.58. The molecule has 0 aliphatic carbocycles. The molecule has 2 heterocycles. The smallest absolute Gasteiger partial charge is 0.412 e. The summed E-state index contributed by atoms with van der Waals surface area (Å²) in [5.74, 6) is -0.384. The van der Waals surface area contributed by atoms with Crippen LogP contribution < -0.4 is 10.6 Å². The van der Waals surface area contributed by atoms with Crippen molar-refractivity contribution in [1.29, 1.82) is 0 Å². The number of carbonyl (C=O) groups is 2. The fraction of sp³-hybridized carbons (Fsp3) is 0.562. The molecule has 26 heavy (non-hydrogen) atoms. The lowest BCUT2D eigenvalue weighted by atomic mass is 10.2. The number of rotatable bonds is 4. The number of nitrogens with one attached hydrogen (secondary N) is 2. The van der Waals surface area contributed by atoms with Crippen molar-refractivity contribution in [3.05, 3.63) is 24.0 Å². The van der Waals surface area contributed by atoms with Gasteiger partial charge in [-0.25, -0.2) is 17.5 Å². The summed E-state index contributed by atoms with van der Waals surface area (Å²) < 4.78 is 29.5. The highest BCUT2D eigenvalue weighted by Gasteiger charge is 2.29. The minimum atomic E-state index is -3.26. The summed E-state index contributed by atoms with van der Waals surface area (Å²) in [6.07, 6.45) is 3.83. The number of aromatic nitrogens is 1. The Morgan fingerprint density at radius 2 is 2.00 bits per heavy atom. The number of hydrogen-bond donors (Lipinski definition) is 2. The van der Waals surface area contributed by atoms with Crippen molar-refractivity contribution in [2.45, 2.75) is 38.8 Å². The first kappa shape index (κ1) is 20.1. The normalized spacial score (nSPS) is 18.4. The van der Waals surface area contributed by atoms with Gasteiger partial charge >= 0.3 is 6.09 Å². The van der Waals surface area contributed by atoms with E-state index in [-0.39, 0.29) is 24.1 Å². The van der Waals surface area contributed by atoms with Gasteiger partial charge in [-0.05, 0) is 33.3 Å². The summed E-state index contributed by atoms with van der Waals surface area (Å²) in [4.78, 5) is 28.1. The van der Waals surface area contributed by atoms with Crippen LogP contribution in [0.4, 0.5) is 10.5 Å². The zero-order chi connectivity index (χ0) is 19.5. The molecule has 2 amide bonds. The zero-order valence-corrected chi connectivity index (χ0v) is 16.1. The molecular weight excluding hydrogens is 360 g/mol. The van der Waals surface area contributed by atoms with E-state index in [9.17, 15) is 18.0 Å². The van der Waals surface area contributed by atoms with E-state index in [1.807, 2.05) is 0 Å². The molecule has 0 bridgehead atoms. The quantitative estimate of drug-likeness (QED) is 0.805. The molecule has 1 aromatic rings. The van der Waals surface area contributed by atoms with Gasteiger partial charge in [0.2, 0.25) is 10.0 Å². The van der Waals surface area contributed by atoms with Crippen LogP contribution in [0.25, 0.3) is 0 Å². The molecule has 9 nitrogen and oxygen atoms in total. The Hall–Kier alpha value is -2.20. The Morgan fingerprint density at radius 3 is 2.58 bits per heavy atom. The van der Waals surface area contributed by atoms with Crippen LogP contribution in [-0.2, 0) is 14.8 Å². The monoisotopic (exact) mass is 384 g/mol. The van der Waals surface area contributed by atoms with Crippen LogP contribution in [-0.4, -0.2) is 60.7 Å². The predicted molar refractivity (Wildman–Crippen MR) is 96.4 cm³/mol. The highest BCUT2D eigenvalue weighted by atomic mass is 32.2. The SMILES string of the molecule is CC(C)(C)OC(=O)Nc1cncc(C(=O)NC2CCN(S(C)(=O)=O)C2)c1. The molecule has 1 aliphatic rings. The van der Waals surface area contributed by atoms with E-state index >= 15 is 0 Å². The molecule has 1 saturated heterocycles. The zero-order valence-electron chi connectivity index (χ0n) is 15.3. The van der Waals surface area contributed by atoms with Crippen molar-refractivity contribution in [1.82, 2.24) is 14.6 Å². The van der Waals surface area contributed by atoms with Crippen LogP contribution in [0.2, 0.25) is 0 Å². The average molecular weight is 384 g/mol. The first-order chi connectivity index (χ1) is 11.9. The van der Waals surface area contributed by atoms with Crippen LogP contribution in [0.1, 0.15) is 37.6 Å². The Morgan fingerprint density at radius 1 is 1.31 bits per heavy atom. The summed E-state index contributed by atoms with van der Waals surface area (Å²) in [6, 6.07) is 1.22. The number of anilines is 1. The maximum Gasteiger partial charge on any atom is 0.412 e. The van der Waals surface area contributed by atoms with Gasteiger partial charge < -0.3 is 10.1 Å². The summed E-state index contributed by atoms with van der Waals surface area (Å²) in [7, 11) is -3.26. The molecule has 1 unspecified atom stereocenters. The van der Waals surface area contributed by atoms with Crippen molar-refractivity contribution >= 4 is 27.7 Å². The molecule has 2 N–H and O–H groups in total. The van der Waals surface area contributed by atoms with Gasteiger partial charge in [-0.3, -0.25) is 15.1 Å². The molecule has 0 saturated carbocycles. The van der Waals surface area contributed by atoms with E-state index < -0.39 is 21.7 Å². The molecule has 144 valence electrons. The maximum atomic E-state index is 12.4. The van der Waals surface area contributed by atoms with Gasteiger partial charge in [-0.1, -0.05) is 0 Å². The highest BCUT2D eigenvalue weighted by Crippen LogP contribution is 2.15. The fourth-order valence-corrected chi connectivity index (χ4v) is 3.36.